The van der Waals surface area contributed by atoms with E-state index >= 15 is 0 Å². The van der Waals surface area contributed by atoms with Gasteiger partial charge in [0.05, 0.1) is 19.5 Å². The number of alkyl halides is 3. The van der Waals surface area contributed by atoms with E-state index in [2.05, 4.69) is 10.2 Å². The normalized spacial score (nSPS) is 12.7. The molecule has 1 unspecified atom stereocenters. The molecule has 2 aromatic rings. The van der Waals surface area contributed by atoms with Crippen LogP contribution < -0.4 is 9.47 Å². The Hall–Kier alpha value is -2.23. The van der Waals surface area contributed by atoms with Crippen molar-refractivity contribution < 1.29 is 27.4 Å². The Morgan fingerprint density at radius 2 is 1.96 bits per heavy atom. The van der Waals surface area contributed by atoms with E-state index in [0.717, 1.165) is 22.7 Å². The van der Waals surface area contributed by atoms with Gasteiger partial charge in [0.15, 0.2) is 22.4 Å². The fraction of sp³-hybridized carbons (Fsp3) is 0.400. The smallest absolute Gasteiger partial charge is 0.406 e. The Morgan fingerprint density at radius 1 is 1.28 bits per heavy atom. The van der Waals surface area contributed by atoms with E-state index in [4.69, 9.17) is 9.47 Å². The van der Waals surface area contributed by atoms with Crippen LogP contribution in [0.1, 0.15) is 17.3 Å². The number of rotatable bonds is 7. The Kier molecular flexibility index (Phi) is 5.93. The number of halogens is 3. The molecule has 1 aromatic heterocycles. The Balaban J connectivity index is 2.15. The lowest BCUT2D eigenvalue weighted by Crippen LogP contribution is -2.19. The molecule has 10 heteroatoms. The number of thioether (sulfide) groups is 1. The second-order valence-corrected chi connectivity index (χ2v) is 6.36. The summed E-state index contributed by atoms with van der Waals surface area (Å²) in [7, 11) is 2.93. The number of nitrogens with zero attached hydrogens (tertiary/aromatic N) is 3. The van der Waals surface area contributed by atoms with Gasteiger partial charge < -0.3 is 9.47 Å². The van der Waals surface area contributed by atoms with E-state index in [1.165, 1.54) is 20.3 Å². The van der Waals surface area contributed by atoms with Crippen molar-refractivity contribution in [3.63, 3.8) is 0 Å². The lowest BCUT2D eigenvalue weighted by atomic mass is 10.1. The molecule has 0 spiro atoms. The van der Waals surface area contributed by atoms with Crippen LogP contribution in [0.3, 0.4) is 0 Å². The van der Waals surface area contributed by atoms with Crippen molar-refractivity contribution in [2.75, 3.05) is 14.2 Å². The van der Waals surface area contributed by atoms with Crippen LogP contribution in [0.25, 0.3) is 0 Å². The number of ketones is 1. The standard InChI is InChI=1S/C15H16F3N3O3S/c1-9(25-14-20-19-8-21(14)7-15(16,17)18)13(22)10-4-5-11(23-2)12(6-10)24-3/h4-6,8-9H,7H2,1-3H3. The molecule has 0 fully saturated rings. The van der Waals surface area contributed by atoms with Crippen molar-refractivity contribution in [3.05, 3.63) is 30.1 Å². The highest BCUT2D eigenvalue weighted by Crippen LogP contribution is 2.31. The molecule has 1 heterocycles. The third kappa shape index (κ3) is 4.88. The maximum Gasteiger partial charge on any atom is 0.406 e. The van der Waals surface area contributed by atoms with Crippen LogP contribution in [-0.2, 0) is 6.54 Å². The van der Waals surface area contributed by atoms with Crippen molar-refractivity contribution >= 4 is 17.5 Å². The first-order valence-corrected chi connectivity index (χ1v) is 8.00. The van der Waals surface area contributed by atoms with Gasteiger partial charge in [-0.3, -0.25) is 9.36 Å². The number of carbonyl (C=O) groups is 1. The van der Waals surface area contributed by atoms with Crippen molar-refractivity contribution in [2.45, 2.75) is 30.1 Å². The van der Waals surface area contributed by atoms with Crippen LogP contribution in [0.5, 0.6) is 11.5 Å². The van der Waals surface area contributed by atoms with Gasteiger partial charge in [-0.1, -0.05) is 11.8 Å². The van der Waals surface area contributed by atoms with Gasteiger partial charge in [-0.2, -0.15) is 13.2 Å². The molecular formula is C15H16F3N3O3S. The molecule has 0 saturated carbocycles. The molecule has 1 aromatic carbocycles. The molecule has 1 atom stereocenters. The predicted octanol–water partition coefficient (Wildman–Crippen LogP) is 3.22. The third-order valence-corrected chi connectivity index (χ3v) is 4.34. The molecule has 2 rings (SSSR count). The summed E-state index contributed by atoms with van der Waals surface area (Å²) in [6.45, 7) is 0.385. The van der Waals surface area contributed by atoms with E-state index in [0.29, 0.717) is 17.1 Å². The van der Waals surface area contributed by atoms with Gasteiger partial charge in [0, 0.05) is 5.56 Å². The third-order valence-electron chi connectivity index (χ3n) is 3.25. The minimum atomic E-state index is -4.39. The zero-order valence-corrected chi connectivity index (χ0v) is 14.5. The minimum absolute atomic E-state index is 0.0265. The van der Waals surface area contributed by atoms with Gasteiger partial charge in [-0.05, 0) is 25.1 Å². The van der Waals surface area contributed by atoms with Crippen LogP contribution in [0, 0.1) is 0 Å². The average molecular weight is 375 g/mol. The van der Waals surface area contributed by atoms with E-state index < -0.39 is 18.0 Å². The maximum absolute atomic E-state index is 12.5. The monoisotopic (exact) mass is 375 g/mol. The number of benzene rings is 1. The highest BCUT2D eigenvalue weighted by atomic mass is 32.2. The highest BCUT2D eigenvalue weighted by Gasteiger charge is 2.30. The SMILES string of the molecule is COc1ccc(C(=O)C(C)Sc2nncn2CC(F)(F)F)cc1OC. The zero-order valence-electron chi connectivity index (χ0n) is 13.7. The van der Waals surface area contributed by atoms with E-state index in [1.54, 1.807) is 19.1 Å². The zero-order chi connectivity index (χ0) is 18.6. The number of Topliss-reactive ketones (excluding diaryl/α,β-unsaturated/α-hetero) is 1. The van der Waals surface area contributed by atoms with Crippen LogP contribution >= 0.6 is 11.8 Å². The van der Waals surface area contributed by atoms with Crippen molar-refractivity contribution in [2.24, 2.45) is 0 Å². The molecule has 0 N–H and O–H groups in total. The van der Waals surface area contributed by atoms with Gasteiger partial charge in [0.2, 0.25) is 0 Å². The fourth-order valence-electron chi connectivity index (χ4n) is 2.07. The molecule has 0 radical (unpaired) electrons. The highest BCUT2D eigenvalue weighted by molar-refractivity contribution is 8.00. The second kappa shape index (κ2) is 7.77. The summed E-state index contributed by atoms with van der Waals surface area (Å²) in [4.78, 5) is 12.5. The van der Waals surface area contributed by atoms with Gasteiger partial charge in [0.25, 0.3) is 0 Å². The summed E-state index contributed by atoms with van der Waals surface area (Å²) < 4.78 is 48.7. The Morgan fingerprint density at radius 3 is 2.56 bits per heavy atom. The van der Waals surface area contributed by atoms with Crippen molar-refractivity contribution in [1.82, 2.24) is 14.8 Å². The molecule has 0 saturated heterocycles. The van der Waals surface area contributed by atoms with Crippen LogP contribution in [-0.4, -0.2) is 46.2 Å². The molecule has 0 bridgehead atoms. The minimum Gasteiger partial charge on any atom is -0.493 e. The number of carbonyl (C=O) groups excluding carboxylic acids is 1. The first kappa shape index (κ1) is 19.1. The van der Waals surface area contributed by atoms with E-state index in [1.807, 2.05) is 0 Å². The van der Waals surface area contributed by atoms with E-state index in [-0.39, 0.29) is 10.9 Å². The lowest BCUT2D eigenvalue weighted by Gasteiger charge is -2.13. The number of hydrogen-bond donors (Lipinski definition) is 0. The molecule has 6 nitrogen and oxygen atoms in total. The average Bonchev–Trinajstić information content (AvgIpc) is 2.98. The Labute approximate surface area is 146 Å². The molecule has 0 aliphatic rings. The first-order valence-electron chi connectivity index (χ1n) is 7.12. The largest absolute Gasteiger partial charge is 0.493 e. The molecule has 0 aliphatic carbocycles. The predicted molar refractivity (Wildman–Crippen MR) is 85.3 cm³/mol. The summed E-state index contributed by atoms with van der Waals surface area (Å²) >= 11 is 0.912. The molecule has 25 heavy (non-hydrogen) atoms. The lowest BCUT2D eigenvalue weighted by molar-refractivity contribution is -0.142. The number of ether oxygens (including phenoxy) is 2. The summed E-state index contributed by atoms with van der Waals surface area (Å²) in [5.41, 5.74) is 0.361. The summed E-state index contributed by atoms with van der Waals surface area (Å²) in [5.74, 6) is 0.600. The van der Waals surface area contributed by atoms with Crippen LogP contribution in [0.2, 0.25) is 0 Å². The summed E-state index contributed by atoms with van der Waals surface area (Å²) in [6, 6.07) is 4.69. The van der Waals surface area contributed by atoms with Gasteiger partial charge >= 0.3 is 6.18 Å². The first-order chi connectivity index (χ1) is 11.7. The van der Waals surface area contributed by atoms with Crippen LogP contribution in [0.4, 0.5) is 13.2 Å². The van der Waals surface area contributed by atoms with Gasteiger partial charge in [-0.15, -0.1) is 10.2 Å². The molecule has 136 valence electrons. The van der Waals surface area contributed by atoms with Crippen molar-refractivity contribution in [3.8, 4) is 11.5 Å². The maximum atomic E-state index is 12.5. The van der Waals surface area contributed by atoms with Gasteiger partial charge in [0.1, 0.15) is 12.9 Å². The van der Waals surface area contributed by atoms with Crippen LogP contribution in [0.15, 0.2) is 29.7 Å². The second-order valence-electron chi connectivity index (χ2n) is 5.05. The molecule has 0 amide bonds. The molecule has 0 aliphatic heterocycles. The fourth-order valence-corrected chi connectivity index (χ4v) is 2.97. The molecular weight excluding hydrogens is 359 g/mol. The Bertz CT molecular complexity index is 749. The number of aromatic nitrogens is 3. The topological polar surface area (TPSA) is 66.2 Å². The summed E-state index contributed by atoms with van der Waals surface area (Å²) in [5, 5.41) is 6.51. The number of methoxy groups -OCH3 is 2. The van der Waals surface area contributed by atoms with E-state index in [9.17, 15) is 18.0 Å². The quantitative estimate of drug-likeness (QED) is 0.547. The van der Waals surface area contributed by atoms with Crippen molar-refractivity contribution in [1.29, 1.82) is 0 Å². The van der Waals surface area contributed by atoms with Gasteiger partial charge in [-0.25, -0.2) is 0 Å². The number of hydrogen-bond acceptors (Lipinski definition) is 6. The summed E-state index contributed by atoms with van der Waals surface area (Å²) in [6.07, 6.45) is -3.41.